The molecule has 0 saturated carbocycles. The molecular weight excluding hydrogens is 225 g/mol. The van der Waals surface area contributed by atoms with E-state index in [-0.39, 0.29) is 12.6 Å². The van der Waals surface area contributed by atoms with Crippen LogP contribution in [0.4, 0.5) is 18.0 Å². The molecular formula is C9H15F3N2O2. The van der Waals surface area contributed by atoms with Gasteiger partial charge in [-0.3, -0.25) is 0 Å². The molecule has 0 aromatic rings. The summed E-state index contributed by atoms with van der Waals surface area (Å²) >= 11 is 0. The van der Waals surface area contributed by atoms with Crippen LogP contribution in [0.2, 0.25) is 0 Å². The number of hydrogen-bond acceptors (Lipinski definition) is 2. The normalized spacial score (nSPS) is 20.9. The Morgan fingerprint density at radius 2 is 2.25 bits per heavy atom. The van der Waals surface area contributed by atoms with Crippen LogP contribution in [0.3, 0.4) is 0 Å². The summed E-state index contributed by atoms with van der Waals surface area (Å²) in [6, 6.07) is -0.856. The lowest BCUT2D eigenvalue weighted by molar-refractivity contribution is -0.139. The molecule has 1 atom stereocenters. The van der Waals surface area contributed by atoms with Crippen molar-refractivity contribution in [1.82, 2.24) is 10.2 Å². The number of carbonyl (C=O) groups is 1. The minimum atomic E-state index is -4.36. The lowest BCUT2D eigenvalue weighted by Gasteiger charge is -2.24. The molecule has 94 valence electrons. The first-order chi connectivity index (χ1) is 7.42. The van der Waals surface area contributed by atoms with Crippen molar-refractivity contribution in [1.29, 1.82) is 0 Å². The zero-order chi connectivity index (χ0) is 12.2. The average Bonchev–Trinajstić information content (AvgIpc) is 2.65. The van der Waals surface area contributed by atoms with E-state index in [4.69, 9.17) is 4.74 Å². The van der Waals surface area contributed by atoms with E-state index in [1.54, 1.807) is 0 Å². The molecule has 1 rings (SSSR count). The number of urea groups is 1. The van der Waals surface area contributed by atoms with E-state index in [0.717, 1.165) is 4.90 Å². The first kappa shape index (κ1) is 13.1. The van der Waals surface area contributed by atoms with Crippen LogP contribution in [-0.4, -0.2) is 49.5 Å². The van der Waals surface area contributed by atoms with E-state index in [0.29, 0.717) is 19.6 Å². The first-order valence-corrected chi connectivity index (χ1v) is 5.12. The molecule has 2 amide bonds. The van der Waals surface area contributed by atoms with E-state index in [2.05, 4.69) is 5.32 Å². The van der Waals surface area contributed by atoms with Crippen molar-refractivity contribution in [3.63, 3.8) is 0 Å². The van der Waals surface area contributed by atoms with Gasteiger partial charge in [0, 0.05) is 13.2 Å². The summed E-state index contributed by atoms with van der Waals surface area (Å²) in [6.07, 6.45) is -3.71. The quantitative estimate of drug-likeness (QED) is 0.809. The van der Waals surface area contributed by atoms with Gasteiger partial charge in [0.1, 0.15) is 6.54 Å². The van der Waals surface area contributed by atoms with Gasteiger partial charge in [0.15, 0.2) is 0 Å². The molecule has 1 N–H and O–H groups in total. The Hall–Kier alpha value is -0.980. The summed E-state index contributed by atoms with van der Waals surface area (Å²) in [5.74, 6) is 0. The molecule has 1 fully saturated rings. The number of nitrogens with one attached hydrogen (secondary N) is 1. The van der Waals surface area contributed by atoms with Gasteiger partial charge in [0.25, 0.3) is 0 Å². The lowest BCUT2D eigenvalue weighted by atomic mass is 10.3. The van der Waals surface area contributed by atoms with E-state index in [9.17, 15) is 18.0 Å². The average molecular weight is 240 g/mol. The molecule has 0 aliphatic carbocycles. The first-order valence-electron chi connectivity index (χ1n) is 5.12. The van der Waals surface area contributed by atoms with Gasteiger partial charge in [0.05, 0.1) is 12.6 Å². The van der Waals surface area contributed by atoms with Crippen LogP contribution in [0.25, 0.3) is 0 Å². The summed E-state index contributed by atoms with van der Waals surface area (Å²) in [7, 11) is 0. The number of carbonyl (C=O) groups excluding carboxylic acids is 1. The summed E-state index contributed by atoms with van der Waals surface area (Å²) in [6.45, 7) is 1.23. The predicted molar refractivity (Wildman–Crippen MR) is 51.1 cm³/mol. The maximum absolute atomic E-state index is 12.1. The molecule has 0 bridgehead atoms. The predicted octanol–water partition coefficient (Wildman–Crippen LogP) is 1.37. The van der Waals surface area contributed by atoms with Crippen LogP contribution in [-0.2, 0) is 4.74 Å². The molecule has 1 aliphatic heterocycles. The number of nitrogens with zero attached hydrogens (tertiary/aromatic N) is 1. The highest BCUT2D eigenvalue weighted by Crippen LogP contribution is 2.16. The second-order valence-corrected chi connectivity index (χ2v) is 3.64. The Kier molecular flexibility index (Phi) is 4.40. The summed E-state index contributed by atoms with van der Waals surface area (Å²) < 4.78 is 41.4. The van der Waals surface area contributed by atoms with Crippen LogP contribution in [0.5, 0.6) is 0 Å². The summed E-state index contributed by atoms with van der Waals surface area (Å²) in [5.41, 5.74) is 0. The van der Waals surface area contributed by atoms with Crippen molar-refractivity contribution >= 4 is 6.03 Å². The van der Waals surface area contributed by atoms with Crippen molar-refractivity contribution in [2.75, 3.05) is 26.3 Å². The molecule has 1 unspecified atom stereocenters. The van der Waals surface area contributed by atoms with Crippen LogP contribution in [0.15, 0.2) is 0 Å². The Labute approximate surface area is 91.7 Å². The molecule has 0 spiro atoms. The number of hydrogen-bond donors (Lipinski definition) is 1. The van der Waals surface area contributed by atoms with E-state index >= 15 is 0 Å². The highest BCUT2D eigenvalue weighted by Gasteiger charge is 2.33. The maximum Gasteiger partial charge on any atom is 0.406 e. The van der Waals surface area contributed by atoms with Gasteiger partial charge in [0.2, 0.25) is 0 Å². The van der Waals surface area contributed by atoms with Crippen LogP contribution < -0.4 is 5.32 Å². The highest BCUT2D eigenvalue weighted by molar-refractivity contribution is 5.74. The van der Waals surface area contributed by atoms with E-state index in [1.165, 1.54) is 6.92 Å². The second kappa shape index (κ2) is 5.38. The van der Waals surface area contributed by atoms with Gasteiger partial charge in [-0.2, -0.15) is 13.2 Å². The van der Waals surface area contributed by atoms with Crippen molar-refractivity contribution < 1.29 is 22.7 Å². The molecule has 1 heterocycles. The van der Waals surface area contributed by atoms with Gasteiger partial charge in [-0.05, 0) is 13.3 Å². The molecule has 0 radical (unpaired) electrons. The molecule has 0 aromatic heterocycles. The van der Waals surface area contributed by atoms with Crippen LogP contribution in [0.1, 0.15) is 13.3 Å². The van der Waals surface area contributed by atoms with E-state index in [1.807, 2.05) is 0 Å². The van der Waals surface area contributed by atoms with Crippen molar-refractivity contribution in [3.05, 3.63) is 0 Å². The zero-order valence-corrected chi connectivity index (χ0v) is 9.01. The topological polar surface area (TPSA) is 41.6 Å². The second-order valence-electron chi connectivity index (χ2n) is 3.64. The van der Waals surface area contributed by atoms with Gasteiger partial charge < -0.3 is 15.0 Å². The maximum atomic E-state index is 12.1. The van der Waals surface area contributed by atoms with Gasteiger partial charge >= 0.3 is 12.2 Å². The molecule has 16 heavy (non-hydrogen) atoms. The summed E-state index contributed by atoms with van der Waals surface area (Å²) in [4.78, 5) is 12.2. The minimum Gasteiger partial charge on any atom is -0.379 e. The number of ether oxygens (including phenoxy) is 1. The fourth-order valence-corrected chi connectivity index (χ4v) is 1.46. The largest absolute Gasteiger partial charge is 0.406 e. The summed E-state index contributed by atoms with van der Waals surface area (Å²) in [5, 5.41) is 2.51. The molecule has 4 nitrogen and oxygen atoms in total. The fraction of sp³-hybridized carbons (Fsp3) is 0.889. The van der Waals surface area contributed by atoms with Gasteiger partial charge in [-0.1, -0.05) is 0 Å². The Morgan fingerprint density at radius 3 is 2.69 bits per heavy atom. The number of amides is 2. The third-order valence-corrected chi connectivity index (χ3v) is 2.30. The molecule has 0 aromatic carbocycles. The lowest BCUT2D eigenvalue weighted by Crippen LogP contribution is -2.48. The zero-order valence-electron chi connectivity index (χ0n) is 9.01. The Bertz CT molecular complexity index is 239. The number of rotatable bonds is 3. The molecule has 1 saturated heterocycles. The van der Waals surface area contributed by atoms with Crippen molar-refractivity contribution in [3.8, 4) is 0 Å². The smallest absolute Gasteiger partial charge is 0.379 e. The number of alkyl halides is 3. The van der Waals surface area contributed by atoms with Crippen molar-refractivity contribution in [2.45, 2.75) is 25.6 Å². The minimum absolute atomic E-state index is 0.0267. The molecule has 7 heteroatoms. The number of halogens is 3. The monoisotopic (exact) mass is 240 g/mol. The SMILES string of the molecule is CCN(CC(F)(F)F)C(=O)NC1CCOC1. The Balaban J connectivity index is 2.42. The van der Waals surface area contributed by atoms with Crippen LogP contribution >= 0.6 is 0 Å². The van der Waals surface area contributed by atoms with Crippen LogP contribution in [0, 0.1) is 0 Å². The third-order valence-electron chi connectivity index (χ3n) is 2.30. The standard InChI is InChI=1S/C9H15F3N2O2/c1-2-14(6-9(10,11)12)8(15)13-7-3-4-16-5-7/h7H,2-6H2,1H3,(H,13,15). The highest BCUT2D eigenvalue weighted by atomic mass is 19.4. The Morgan fingerprint density at radius 1 is 1.56 bits per heavy atom. The fourth-order valence-electron chi connectivity index (χ4n) is 1.46. The molecule has 1 aliphatic rings. The third kappa shape index (κ3) is 4.26. The van der Waals surface area contributed by atoms with Gasteiger partial charge in [-0.15, -0.1) is 0 Å². The van der Waals surface area contributed by atoms with Crippen molar-refractivity contribution in [2.24, 2.45) is 0 Å². The van der Waals surface area contributed by atoms with E-state index < -0.39 is 18.8 Å². The van der Waals surface area contributed by atoms with Gasteiger partial charge in [-0.25, -0.2) is 4.79 Å².